The number of aromatic amines is 1. The number of hydrogen-bond donors (Lipinski definition) is 2. The van der Waals surface area contributed by atoms with Gasteiger partial charge in [-0.3, -0.25) is 0 Å². The number of nitrogens with one attached hydrogen (secondary N) is 1. The van der Waals surface area contributed by atoms with Crippen molar-refractivity contribution in [2.45, 2.75) is 32.2 Å². The lowest BCUT2D eigenvalue weighted by Gasteiger charge is -2.18. The maximum absolute atomic E-state index is 6.02. The number of hydrogen-bond acceptors (Lipinski definition) is 1. The fourth-order valence-corrected chi connectivity index (χ4v) is 2.56. The molecule has 3 rings (SSSR count). The molecular weight excluding hydrogens is 184 g/mol. The number of benzene rings is 1. The van der Waals surface area contributed by atoms with Gasteiger partial charge in [0.05, 0.1) is 0 Å². The minimum Gasteiger partial charge on any atom is -0.358 e. The first-order chi connectivity index (χ1) is 7.24. The van der Waals surface area contributed by atoms with Gasteiger partial charge in [0.15, 0.2) is 0 Å². The van der Waals surface area contributed by atoms with Crippen LogP contribution < -0.4 is 5.73 Å². The first-order valence-corrected chi connectivity index (χ1v) is 5.59. The van der Waals surface area contributed by atoms with E-state index in [-0.39, 0.29) is 0 Å². The summed E-state index contributed by atoms with van der Waals surface area (Å²) in [5, 5.41) is 1.38. The van der Waals surface area contributed by atoms with Gasteiger partial charge in [-0.1, -0.05) is 11.6 Å². The van der Waals surface area contributed by atoms with Crippen LogP contribution in [-0.4, -0.2) is 11.0 Å². The molecule has 1 heterocycles. The van der Waals surface area contributed by atoms with E-state index in [0.29, 0.717) is 6.04 Å². The molecule has 1 aromatic carbocycles. The van der Waals surface area contributed by atoms with Gasteiger partial charge in [-0.2, -0.15) is 0 Å². The van der Waals surface area contributed by atoms with Crippen molar-refractivity contribution in [3.63, 3.8) is 0 Å². The molecule has 0 aliphatic heterocycles. The second kappa shape index (κ2) is 3.11. The van der Waals surface area contributed by atoms with Crippen LogP contribution in [-0.2, 0) is 12.8 Å². The number of nitrogens with two attached hydrogens (primary N) is 1. The monoisotopic (exact) mass is 200 g/mol. The average molecular weight is 200 g/mol. The molecule has 0 fully saturated rings. The van der Waals surface area contributed by atoms with E-state index in [4.69, 9.17) is 5.73 Å². The number of H-pyrrole nitrogens is 1. The Kier molecular flexibility index (Phi) is 1.86. The fourth-order valence-electron chi connectivity index (χ4n) is 2.56. The van der Waals surface area contributed by atoms with Crippen LogP contribution in [0.1, 0.15) is 23.2 Å². The Balaban J connectivity index is 2.25. The molecular formula is C13H16N2. The third-order valence-electron chi connectivity index (χ3n) is 3.38. The molecule has 0 saturated heterocycles. The van der Waals surface area contributed by atoms with Gasteiger partial charge in [0, 0.05) is 22.6 Å². The van der Waals surface area contributed by atoms with E-state index in [1.165, 1.54) is 27.7 Å². The SMILES string of the molecule is Cc1ccc2[nH]c3c(c2c1)C[C@@H](N)CC3. The van der Waals surface area contributed by atoms with Crippen LogP contribution in [0.3, 0.4) is 0 Å². The zero-order chi connectivity index (χ0) is 10.4. The van der Waals surface area contributed by atoms with E-state index in [1.807, 2.05) is 0 Å². The first kappa shape index (κ1) is 8.98. The molecule has 2 heteroatoms. The Morgan fingerprint density at radius 2 is 2.27 bits per heavy atom. The summed E-state index contributed by atoms with van der Waals surface area (Å²) in [4.78, 5) is 3.51. The molecule has 0 amide bonds. The molecule has 3 N–H and O–H groups in total. The van der Waals surface area contributed by atoms with Crippen molar-refractivity contribution in [1.82, 2.24) is 4.98 Å². The van der Waals surface area contributed by atoms with Gasteiger partial charge in [-0.05, 0) is 43.9 Å². The summed E-state index contributed by atoms with van der Waals surface area (Å²) >= 11 is 0. The predicted octanol–water partition coefficient (Wildman–Crippen LogP) is 2.29. The topological polar surface area (TPSA) is 41.8 Å². The van der Waals surface area contributed by atoms with Gasteiger partial charge in [0.2, 0.25) is 0 Å². The molecule has 0 bridgehead atoms. The third kappa shape index (κ3) is 1.37. The molecule has 0 unspecified atom stereocenters. The van der Waals surface area contributed by atoms with Gasteiger partial charge >= 0.3 is 0 Å². The van der Waals surface area contributed by atoms with Crippen LogP contribution in [0.4, 0.5) is 0 Å². The van der Waals surface area contributed by atoms with Gasteiger partial charge in [-0.15, -0.1) is 0 Å². The summed E-state index contributed by atoms with van der Waals surface area (Å²) < 4.78 is 0. The predicted molar refractivity (Wildman–Crippen MR) is 63.0 cm³/mol. The molecule has 78 valence electrons. The van der Waals surface area contributed by atoms with Gasteiger partial charge in [0.1, 0.15) is 0 Å². The van der Waals surface area contributed by atoms with E-state index in [9.17, 15) is 0 Å². The molecule has 2 aromatic rings. The first-order valence-electron chi connectivity index (χ1n) is 5.59. The Labute approximate surface area is 89.5 Å². The van der Waals surface area contributed by atoms with Crippen LogP contribution in [0.5, 0.6) is 0 Å². The smallest absolute Gasteiger partial charge is 0.0459 e. The lowest BCUT2D eigenvalue weighted by molar-refractivity contribution is 0.574. The van der Waals surface area contributed by atoms with Crippen molar-refractivity contribution in [3.05, 3.63) is 35.0 Å². The van der Waals surface area contributed by atoms with Crippen molar-refractivity contribution in [1.29, 1.82) is 0 Å². The van der Waals surface area contributed by atoms with E-state index < -0.39 is 0 Å². The fraction of sp³-hybridized carbons (Fsp3) is 0.385. The summed E-state index contributed by atoms with van der Waals surface area (Å²) in [7, 11) is 0. The molecule has 1 atom stereocenters. The molecule has 1 aliphatic carbocycles. The highest BCUT2D eigenvalue weighted by molar-refractivity contribution is 5.85. The molecule has 1 aromatic heterocycles. The van der Waals surface area contributed by atoms with Crippen molar-refractivity contribution < 1.29 is 0 Å². The normalized spacial score (nSPS) is 20.5. The second-order valence-corrected chi connectivity index (χ2v) is 4.63. The second-order valence-electron chi connectivity index (χ2n) is 4.63. The molecule has 0 saturated carbocycles. The van der Waals surface area contributed by atoms with Gasteiger partial charge in [0.25, 0.3) is 0 Å². The Morgan fingerprint density at radius 1 is 1.40 bits per heavy atom. The van der Waals surface area contributed by atoms with Crippen molar-refractivity contribution >= 4 is 10.9 Å². The summed E-state index contributed by atoms with van der Waals surface area (Å²) in [6, 6.07) is 6.94. The van der Waals surface area contributed by atoms with Crippen LogP contribution in [0, 0.1) is 6.92 Å². The van der Waals surface area contributed by atoms with Crippen LogP contribution in [0.2, 0.25) is 0 Å². The standard InChI is InChI=1S/C13H16N2/c1-8-2-4-12-10(6-8)11-7-9(14)3-5-13(11)15-12/h2,4,6,9,15H,3,5,7,14H2,1H3/t9-/m0/s1. The summed E-state index contributed by atoms with van der Waals surface area (Å²) in [5.74, 6) is 0. The Bertz CT molecular complexity index is 510. The minimum absolute atomic E-state index is 0.344. The number of fused-ring (bicyclic) bond motifs is 3. The van der Waals surface area contributed by atoms with Crippen molar-refractivity contribution in [2.75, 3.05) is 0 Å². The largest absolute Gasteiger partial charge is 0.358 e. The lowest BCUT2D eigenvalue weighted by Crippen LogP contribution is -2.27. The van der Waals surface area contributed by atoms with E-state index in [0.717, 1.165) is 19.3 Å². The number of aryl methyl sites for hydroxylation is 2. The number of aromatic nitrogens is 1. The Morgan fingerprint density at radius 3 is 3.13 bits per heavy atom. The quantitative estimate of drug-likeness (QED) is 0.673. The average Bonchev–Trinajstić information content (AvgIpc) is 2.56. The number of rotatable bonds is 0. The molecule has 2 nitrogen and oxygen atoms in total. The van der Waals surface area contributed by atoms with E-state index in [1.54, 1.807) is 0 Å². The van der Waals surface area contributed by atoms with Gasteiger partial charge < -0.3 is 10.7 Å². The minimum atomic E-state index is 0.344. The summed E-state index contributed by atoms with van der Waals surface area (Å²) in [6.45, 7) is 2.14. The molecule has 1 aliphatic rings. The molecule has 0 spiro atoms. The lowest BCUT2D eigenvalue weighted by atomic mass is 9.92. The molecule has 15 heavy (non-hydrogen) atoms. The van der Waals surface area contributed by atoms with E-state index >= 15 is 0 Å². The summed E-state index contributed by atoms with van der Waals surface area (Å²) in [6.07, 6.45) is 3.24. The zero-order valence-electron chi connectivity index (χ0n) is 9.01. The van der Waals surface area contributed by atoms with Crippen LogP contribution in [0.25, 0.3) is 10.9 Å². The summed E-state index contributed by atoms with van der Waals surface area (Å²) in [5.41, 5.74) is 11.5. The van der Waals surface area contributed by atoms with Crippen molar-refractivity contribution in [3.8, 4) is 0 Å². The highest BCUT2D eigenvalue weighted by Crippen LogP contribution is 2.29. The highest BCUT2D eigenvalue weighted by Gasteiger charge is 2.19. The van der Waals surface area contributed by atoms with Gasteiger partial charge in [-0.25, -0.2) is 0 Å². The molecule has 0 radical (unpaired) electrons. The van der Waals surface area contributed by atoms with Crippen LogP contribution in [0.15, 0.2) is 18.2 Å². The van der Waals surface area contributed by atoms with Crippen LogP contribution >= 0.6 is 0 Å². The maximum Gasteiger partial charge on any atom is 0.0459 e. The van der Waals surface area contributed by atoms with E-state index in [2.05, 4.69) is 30.1 Å². The zero-order valence-corrected chi connectivity index (χ0v) is 9.01. The maximum atomic E-state index is 6.02. The van der Waals surface area contributed by atoms with Crippen molar-refractivity contribution in [2.24, 2.45) is 5.73 Å². The third-order valence-corrected chi connectivity index (χ3v) is 3.38. The Hall–Kier alpha value is -1.28. The highest BCUT2D eigenvalue weighted by atomic mass is 14.7.